The summed E-state index contributed by atoms with van der Waals surface area (Å²) in [6.45, 7) is 4.20. The maximum atomic E-state index is 13.4. The van der Waals surface area contributed by atoms with Crippen LogP contribution in [0.4, 0.5) is 5.69 Å². The van der Waals surface area contributed by atoms with E-state index in [-0.39, 0.29) is 18.4 Å². The number of methoxy groups -OCH3 is 1. The van der Waals surface area contributed by atoms with Crippen LogP contribution in [-0.4, -0.2) is 23.8 Å². The number of aryl methyl sites for hydroxylation is 2. The van der Waals surface area contributed by atoms with Gasteiger partial charge in [0.2, 0.25) is 0 Å². The minimum Gasteiger partial charge on any atom is -0.497 e. The molecule has 1 heterocycles. The Kier molecular flexibility index (Phi) is 5.58. The number of carbonyl (C=O) groups is 2. The number of anilines is 1. The van der Waals surface area contributed by atoms with E-state index in [2.05, 4.69) is 11.4 Å². The Morgan fingerprint density at radius 1 is 0.839 bits per heavy atom. The Bertz CT molecular complexity index is 1140. The van der Waals surface area contributed by atoms with E-state index < -0.39 is 0 Å². The minimum absolute atomic E-state index is 0.190. The van der Waals surface area contributed by atoms with Gasteiger partial charge in [0.15, 0.2) is 0 Å². The Hall–Kier alpha value is -3.86. The molecule has 0 saturated heterocycles. The number of ether oxygens (including phenoxy) is 1. The van der Waals surface area contributed by atoms with Gasteiger partial charge in [0.25, 0.3) is 11.8 Å². The fourth-order valence-electron chi connectivity index (χ4n) is 3.81. The van der Waals surface area contributed by atoms with Gasteiger partial charge in [0.1, 0.15) is 11.4 Å². The summed E-state index contributed by atoms with van der Waals surface area (Å²) in [4.78, 5) is 28.0. The van der Waals surface area contributed by atoms with Crippen LogP contribution in [0, 0.1) is 13.8 Å². The van der Waals surface area contributed by atoms with E-state index in [0.717, 1.165) is 28.1 Å². The van der Waals surface area contributed by atoms with E-state index in [4.69, 9.17) is 4.74 Å². The molecule has 1 aliphatic heterocycles. The van der Waals surface area contributed by atoms with Gasteiger partial charge in [-0.2, -0.15) is 0 Å². The van der Waals surface area contributed by atoms with Gasteiger partial charge >= 0.3 is 0 Å². The standard InChI is InChI=1S/C26H24N2O3/c1-17-13-18(2)15-21(14-17)27-24-23(20-7-5-4-6-8-20)25(29)28(26(24)30)16-19-9-11-22(31-3)12-10-19/h4-15,27H,16H2,1-3H3. The average molecular weight is 412 g/mol. The van der Waals surface area contributed by atoms with Crippen LogP contribution in [0.1, 0.15) is 22.3 Å². The van der Waals surface area contributed by atoms with Gasteiger partial charge in [0.05, 0.1) is 19.2 Å². The summed E-state index contributed by atoms with van der Waals surface area (Å²) < 4.78 is 5.19. The monoisotopic (exact) mass is 412 g/mol. The molecule has 1 aliphatic rings. The molecule has 0 unspecified atom stereocenters. The van der Waals surface area contributed by atoms with Crippen LogP contribution < -0.4 is 10.1 Å². The molecule has 1 N–H and O–H groups in total. The number of nitrogens with one attached hydrogen (secondary N) is 1. The number of imide groups is 1. The molecule has 0 aromatic heterocycles. The van der Waals surface area contributed by atoms with E-state index in [1.165, 1.54) is 4.90 Å². The molecule has 3 aromatic rings. The quantitative estimate of drug-likeness (QED) is 0.596. The molecule has 31 heavy (non-hydrogen) atoms. The minimum atomic E-state index is -0.334. The molecular formula is C26H24N2O3. The predicted octanol–water partition coefficient (Wildman–Crippen LogP) is 4.70. The molecule has 0 atom stereocenters. The number of carbonyl (C=O) groups excluding carboxylic acids is 2. The zero-order valence-electron chi connectivity index (χ0n) is 17.8. The Labute approximate surface area is 182 Å². The summed E-state index contributed by atoms with van der Waals surface area (Å²) in [6, 6.07) is 22.7. The first-order chi connectivity index (χ1) is 15.0. The van der Waals surface area contributed by atoms with Gasteiger partial charge in [-0.3, -0.25) is 14.5 Å². The van der Waals surface area contributed by atoms with Gasteiger partial charge in [-0.1, -0.05) is 48.5 Å². The third-order valence-corrected chi connectivity index (χ3v) is 5.22. The van der Waals surface area contributed by atoms with E-state index in [1.807, 2.05) is 80.6 Å². The Balaban J connectivity index is 1.71. The highest BCUT2D eigenvalue weighted by Gasteiger charge is 2.39. The maximum Gasteiger partial charge on any atom is 0.278 e. The van der Waals surface area contributed by atoms with Crippen molar-refractivity contribution in [1.82, 2.24) is 4.90 Å². The van der Waals surface area contributed by atoms with Crippen molar-refractivity contribution in [2.24, 2.45) is 0 Å². The molecule has 4 rings (SSSR count). The first-order valence-corrected chi connectivity index (χ1v) is 10.1. The summed E-state index contributed by atoms with van der Waals surface area (Å²) in [6.07, 6.45) is 0. The van der Waals surface area contributed by atoms with Crippen LogP contribution in [0.5, 0.6) is 5.75 Å². The molecule has 0 spiro atoms. The predicted molar refractivity (Wildman–Crippen MR) is 121 cm³/mol. The van der Waals surface area contributed by atoms with Crippen LogP contribution in [0.3, 0.4) is 0 Å². The average Bonchev–Trinajstić information content (AvgIpc) is 2.98. The van der Waals surface area contributed by atoms with Gasteiger partial charge in [0, 0.05) is 5.69 Å². The van der Waals surface area contributed by atoms with Crippen molar-refractivity contribution in [2.45, 2.75) is 20.4 Å². The zero-order valence-corrected chi connectivity index (χ0v) is 17.8. The van der Waals surface area contributed by atoms with Gasteiger partial charge < -0.3 is 10.1 Å². The highest BCUT2D eigenvalue weighted by Crippen LogP contribution is 2.32. The molecule has 5 nitrogen and oxygen atoms in total. The molecule has 0 saturated carbocycles. The second-order valence-electron chi connectivity index (χ2n) is 7.66. The summed E-state index contributed by atoms with van der Waals surface area (Å²) in [7, 11) is 1.60. The Morgan fingerprint density at radius 3 is 2.10 bits per heavy atom. The molecule has 0 aliphatic carbocycles. The van der Waals surface area contributed by atoms with E-state index >= 15 is 0 Å². The topological polar surface area (TPSA) is 58.6 Å². The third-order valence-electron chi connectivity index (χ3n) is 5.22. The van der Waals surface area contributed by atoms with Crippen LogP contribution >= 0.6 is 0 Å². The molecule has 0 bridgehead atoms. The SMILES string of the molecule is COc1ccc(CN2C(=O)C(Nc3cc(C)cc(C)c3)=C(c3ccccc3)C2=O)cc1. The van der Waals surface area contributed by atoms with E-state index in [0.29, 0.717) is 16.8 Å². The first-order valence-electron chi connectivity index (χ1n) is 10.1. The van der Waals surface area contributed by atoms with Crippen LogP contribution in [0.15, 0.2) is 78.5 Å². The van der Waals surface area contributed by atoms with Gasteiger partial charge in [-0.05, 0) is 60.4 Å². The van der Waals surface area contributed by atoms with Crippen LogP contribution in [0.25, 0.3) is 5.57 Å². The summed E-state index contributed by atoms with van der Waals surface area (Å²) >= 11 is 0. The fraction of sp³-hybridized carbons (Fsp3) is 0.154. The van der Waals surface area contributed by atoms with Crippen molar-refractivity contribution in [3.8, 4) is 5.75 Å². The molecule has 5 heteroatoms. The number of hydrogen-bond acceptors (Lipinski definition) is 4. The molecule has 0 radical (unpaired) electrons. The first kappa shape index (κ1) is 20.4. The van der Waals surface area contributed by atoms with Crippen molar-refractivity contribution in [1.29, 1.82) is 0 Å². The van der Waals surface area contributed by atoms with Crippen molar-refractivity contribution in [2.75, 3.05) is 12.4 Å². The number of nitrogens with zero attached hydrogens (tertiary/aromatic N) is 1. The number of amides is 2. The molecule has 156 valence electrons. The molecular weight excluding hydrogens is 388 g/mol. The third kappa shape index (κ3) is 4.21. The number of benzene rings is 3. The van der Waals surface area contributed by atoms with Crippen molar-refractivity contribution in [3.05, 3.63) is 101 Å². The highest BCUT2D eigenvalue weighted by atomic mass is 16.5. The maximum absolute atomic E-state index is 13.4. The van der Waals surface area contributed by atoms with Gasteiger partial charge in [-0.25, -0.2) is 0 Å². The lowest BCUT2D eigenvalue weighted by Crippen LogP contribution is -2.32. The van der Waals surface area contributed by atoms with Crippen molar-refractivity contribution < 1.29 is 14.3 Å². The smallest absolute Gasteiger partial charge is 0.278 e. The lowest BCUT2D eigenvalue weighted by atomic mass is 10.0. The lowest BCUT2D eigenvalue weighted by Gasteiger charge is -2.16. The highest BCUT2D eigenvalue weighted by molar-refractivity contribution is 6.36. The lowest BCUT2D eigenvalue weighted by molar-refractivity contribution is -0.137. The van der Waals surface area contributed by atoms with E-state index in [1.54, 1.807) is 7.11 Å². The number of rotatable bonds is 6. The number of hydrogen-bond donors (Lipinski definition) is 1. The Morgan fingerprint density at radius 2 is 1.48 bits per heavy atom. The van der Waals surface area contributed by atoms with Crippen molar-refractivity contribution >= 4 is 23.1 Å². The largest absolute Gasteiger partial charge is 0.497 e. The zero-order chi connectivity index (χ0) is 22.0. The summed E-state index contributed by atoms with van der Waals surface area (Å²) in [5.41, 5.74) is 5.20. The van der Waals surface area contributed by atoms with Crippen molar-refractivity contribution in [3.63, 3.8) is 0 Å². The molecule has 3 aromatic carbocycles. The summed E-state index contributed by atoms with van der Waals surface area (Å²) in [5, 5.41) is 3.23. The second kappa shape index (κ2) is 8.48. The summed E-state index contributed by atoms with van der Waals surface area (Å²) in [5.74, 6) is 0.0841. The normalized spacial score (nSPS) is 13.7. The molecule has 2 amide bonds. The van der Waals surface area contributed by atoms with Gasteiger partial charge in [-0.15, -0.1) is 0 Å². The van der Waals surface area contributed by atoms with Crippen LogP contribution in [-0.2, 0) is 16.1 Å². The second-order valence-corrected chi connectivity index (χ2v) is 7.66. The molecule has 0 fully saturated rings. The van der Waals surface area contributed by atoms with Crippen LogP contribution in [0.2, 0.25) is 0 Å². The van der Waals surface area contributed by atoms with E-state index in [9.17, 15) is 9.59 Å². The fourth-order valence-corrected chi connectivity index (χ4v) is 3.81.